The van der Waals surface area contributed by atoms with Crippen molar-refractivity contribution in [2.45, 2.75) is 39.5 Å². The summed E-state index contributed by atoms with van der Waals surface area (Å²) in [6, 6.07) is 0. The number of rotatable bonds is 1. The van der Waals surface area contributed by atoms with Gasteiger partial charge in [0, 0.05) is 0 Å². The van der Waals surface area contributed by atoms with Gasteiger partial charge in [-0.3, -0.25) is 0 Å². The lowest BCUT2D eigenvalue weighted by Gasteiger charge is -2.15. The van der Waals surface area contributed by atoms with Crippen molar-refractivity contribution >= 4 is 0 Å². The van der Waals surface area contributed by atoms with Gasteiger partial charge in [-0.1, -0.05) is 29.9 Å². The first-order valence-electron chi connectivity index (χ1n) is 4.72. The van der Waals surface area contributed by atoms with Gasteiger partial charge in [-0.25, -0.2) is 0 Å². The van der Waals surface area contributed by atoms with Gasteiger partial charge in [-0.15, -0.1) is 0 Å². The predicted molar refractivity (Wildman–Crippen MR) is 55.1 cm³/mol. The Hall–Kier alpha value is -0.780. The SMILES string of the molecule is C=C1CCCCC1=CC=C(C)C. The topological polar surface area (TPSA) is 0 Å². The van der Waals surface area contributed by atoms with Crippen LogP contribution in [-0.4, -0.2) is 0 Å². The minimum Gasteiger partial charge on any atom is -0.0956 e. The van der Waals surface area contributed by atoms with Gasteiger partial charge >= 0.3 is 0 Å². The maximum absolute atomic E-state index is 4.08. The molecule has 0 bridgehead atoms. The van der Waals surface area contributed by atoms with Crippen LogP contribution in [0.15, 0.2) is 35.5 Å². The molecule has 0 aromatic carbocycles. The van der Waals surface area contributed by atoms with Crippen molar-refractivity contribution in [2.24, 2.45) is 0 Å². The Morgan fingerprint density at radius 2 is 1.92 bits per heavy atom. The summed E-state index contributed by atoms with van der Waals surface area (Å²) in [6.07, 6.45) is 9.50. The molecule has 0 radical (unpaired) electrons. The maximum Gasteiger partial charge on any atom is -0.0276 e. The Balaban J connectivity index is 2.65. The smallest absolute Gasteiger partial charge is 0.0276 e. The molecule has 0 heteroatoms. The molecule has 0 N–H and O–H groups in total. The first kappa shape index (κ1) is 9.31. The highest BCUT2D eigenvalue weighted by atomic mass is 14.1. The van der Waals surface area contributed by atoms with Crippen LogP contribution in [0, 0.1) is 0 Å². The summed E-state index contributed by atoms with van der Waals surface area (Å²) in [6.45, 7) is 8.33. The fourth-order valence-electron chi connectivity index (χ4n) is 1.46. The van der Waals surface area contributed by atoms with E-state index >= 15 is 0 Å². The van der Waals surface area contributed by atoms with E-state index in [4.69, 9.17) is 0 Å². The molecule has 66 valence electrons. The molecule has 0 atom stereocenters. The highest BCUT2D eigenvalue weighted by molar-refractivity contribution is 5.33. The minimum atomic E-state index is 1.20. The van der Waals surface area contributed by atoms with Crippen LogP contribution in [0.3, 0.4) is 0 Å². The quantitative estimate of drug-likeness (QED) is 0.546. The van der Waals surface area contributed by atoms with Crippen LogP contribution < -0.4 is 0 Å². The fourth-order valence-corrected chi connectivity index (χ4v) is 1.46. The van der Waals surface area contributed by atoms with Gasteiger partial charge in [0.05, 0.1) is 0 Å². The number of allylic oxidation sites excluding steroid dienone is 5. The summed E-state index contributed by atoms with van der Waals surface area (Å²) >= 11 is 0. The monoisotopic (exact) mass is 162 g/mol. The zero-order valence-electron chi connectivity index (χ0n) is 8.19. The van der Waals surface area contributed by atoms with Crippen molar-refractivity contribution in [3.8, 4) is 0 Å². The van der Waals surface area contributed by atoms with E-state index in [1.807, 2.05) is 0 Å². The molecule has 1 fully saturated rings. The lowest BCUT2D eigenvalue weighted by Crippen LogP contribution is -1.96. The zero-order valence-corrected chi connectivity index (χ0v) is 8.19. The lowest BCUT2D eigenvalue weighted by molar-refractivity contribution is 0.681. The summed E-state index contributed by atoms with van der Waals surface area (Å²) in [5, 5.41) is 0. The molecular formula is C12H18. The molecule has 0 aliphatic heterocycles. The van der Waals surface area contributed by atoms with Crippen LogP contribution in [0.5, 0.6) is 0 Å². The Morgan fingerprint density at radius 3 is 2.50 bits per heavy atom. The molecule has 0 spiro atoms. The Morgan fingerprint density at radius 1 is 1.25 bits per heavy atom. The van der Waals surface area contributed by atoms with Gasteiger partial charge in [0.15, 0.2) is 0 Å². The highest BCUT2D eigenvalue weighted by Crippen LogP contribution is 2.27. The molecule has 0 unspecified atom stereocenters. The van der Waals surface area contributed by atoms with E-state index < -0.39 is 0 Å². The van der Waals surface area contributed by atoms with Crippen LogP contribution >= 0.6 is 0 Å². The fraction of sp³-hybridized carbons (Fsp3) is 0.500. The van der Waals surface area contributed by atoms with Crippen molar-refractivity contribution in [3.05, 3.63) is 35.5 Å². The first-order valence-corrected chi connectivity index (χ1v) is 4.72. The minimum absolute atomic E-state index is 1.20. The standard InChI is InChI=1S/C12H18/c1-10(2)8-9-12-7-5-4-6-11(12)3/h8-9H,3-7H2,1-2H3. The second kappa shape index (κ2) is 4.30. The third-order valence-electron chi connectivity index (χ3n) is 2.25. The summed E-state index contributed by atoms with van der Waals surface area (Å²) in [4.78, 5) is 0. The Kier molecular flexibility index (Phi) is 3.33. The molecule has 0 heterocycles. The lowest BCUT2D eigenvalue weighted by atomic mass is 9.90. The van der Waals surface area contributed by atoms with Crippen LogP contribution in [0.1, 0.15) is 39.5 Å². The molecule has 0 amide bonds. The van der Waals surface area contributed by atoms with Gasteiger partial charge in [0.2, 0.25) is 0 Å². The van der Waals surface area contributed by atoms with Gasteiger partial charge < -0.3 is 0 Å². The van der Waals surface area contributed by atoms with Gasteiger partial charge in [-0.05, 0) is 45.1 Å². The summed E-state index contributed by atoms with van der Waals surface area (Å²) < 4.78 is 0. The Bertz CT molecular complexity index is 224. The molecule has 1 rings (SSSR count). The molecule has 0 aromatic rings. The van der Waals surface area contributed by atoms with E-state index in [1.54, 1.807) is 0 Å². The predicted octanol–water partition coefficient (Wildman–Crippen LogP) is 4.01. The largest absolute Gasteiger partial charge is 0.0956 e. The van der Waals surface area contributed by atoms with Crippen LogP contribution in [-0.2, 0) is 0 Å². The molecule has 1 saturated carbocycles. The van der Waals surface area contributed by atoms with E-state index in [1.165, 1.54) is 42.4 Å². The normalized spacial score (nSPS) is 21.2. The molecular weight excluding hydrogens is 144 g/mol. The van der Waals surface area contributed by atoms with E-state index in [2.05, 4.69) is 32.6 Å². The molecule has 0 saturated heterocycles. The molecule has 12 heavy (non-hydrogen) atoms. The zero-order chi connectivity index (χ0) is 8.97. The second-order valence-electron chi connectivity index (χ2n) is 3.75. The average Bonchev–Trinajstić information content (AvgIpc) is 2.03. The highest BCUT2D eigenvalue weighted by Gasteiger charge is 2.07. The maximum atomic E-state index is 4.08. The summed E-state index contributed by atoms with van der Waals surface area (Å²) in [7, 11) is 0. The van der Waals surface area contributed by atoms with E-state index in [9.17, 15) is 0 Å². The molecule has 1 aliphatic rings. The van der Waals surface area contributed by atoms with Crippen molar-refractivity contribution in [3.63, 3.8) is 0 Å². The second-order valence-corrected chi connectivity index (χ2v) is 3.75. The number of hydrogen-bond acceptors (Lipinski definition) is 0. The van der Waals surface area contributed by atoms with Crippen LogP contribution in [0.2, 0.25) is 0 Å². The first-order chi connectivity index (χ1) is 5.70. The molecule has 0 nitrogen and oxygen atoms in total. The van der Waals surface area contributed by atoms with Gasteiger partial charge in [0.1, 0.15) is 0 Å². The average molecular weight is 162 g/mol. The van der Waals surface area contributed by atoms with Gasteiger partial charge in [-0.2, -0.15) is 0 Å². The van der Waals surface area contributed by atoms with Crippen molar-refractivity contribution in [1.29, 1.82) is 0 Å². The van der Waals surface area contributed by atoms with Crippen LogP contribution in [0.4, 0.5) is 0 Å². The third kappa shape index (κ3) is 2.69. The summed E-state index contributed by atoms with van der Waals surface area (Å²) in [5.74, 6) is 0. The van der Waals surface area contributed by atoms with E-state index in [-0.39, 0.29) is 0 Å². The van der Waals surface area contributed by atoms with Crippen molar-refractivity contribution in [1.82, 2.24) is 0 Å². The molecule has 1 aliphatic carbocycles. The third-order valence-corrected chi connectivity index (χ3v) is 2.25. The van der Waals surface area contributed by atoms with Crippen molar-refractivity contribution in [2.75, 3.05) is 0 Å². The Labute approximate surface area is 75.7 Å². The van der Waals surface area contributed by atoms with E-state index in [0.717, 1.165) is 0 Å². The van der Waals surface area contributed by atoms with E-state index in [0.29, 0.717) is 0 Å². The van der Waals surface area contributed by atoms with Crippen molar-refractivity contribution < 1.29 is 0 Å². The molecule has 0 aromatic heterocycles. The van der Waals surface area contributed by atoms with Crippen LogP contribution in [0.25, 0.3) is 0 Å². The van der Waals surface area contributed by atoms with Gasteiger partial charge in [0.25, 0.3) is 0 Å². The summed E-state index contributed by atoms with van der Waals surface area (Å²) in [5.41, 5.74) is 4.17. The number of hydrogen-bond donors (Lipinski definition) is 0.